The molecule has 6 heteroatoms. The third-order valence-electron chi connectivity index (χ3n) is 3.57. The maximum atomic E-state index is 12.0. The molecular formula is C15H28N4O2. The van der Waals surface area contributed by atoms with E-state index in [2.05, 4.69) is 15.2 Å². The van der Waals surface area contributed by atoms with E-state index in [1.165, 1.54) is 7.11 Å². The van der Waals surface area contributed by atoms with Gasteiger partial charge < -0.3 is 9.30 Å². The lowest BCUT2D eigenvalue weighted by atomic mass is 9.96. The van der Waals surface area contributed by atoms with E-state index in [9.17, 15) is 4.79 Å². The van der Waals surface area contributed by atoms with E-state index in [0.717, 1.165) is 18.9 Å². The van der Waals surface area contributed by atoms with Crippen molar-refractivity contribution >= 4 is 5.97 Å². The zero-order chi connectivity index (χ0) is 16.0. The summed E-state index contributed by atoms with van der Waals surface area (Å²) in [5.41, 5.74) is -0.668. The second-order valence-corrected chi connectivity index (χ2v) is 6.06. The Hall–Kier alpha value is -1.40. The molecule has 1 N–H and O–H groups in total. The Morgan fingerprint density at radius 2 is 2.24 bits per heavy atom. The Bertz CT molecular complexity index is 458. The molecule has 0 aromatic carbocycles. The zero-order valence-electron chi connectivity index (χ0n) is 14.0. The van der Waals surface area contributed by atoms with E-state index in [1.54, 1.807) is 6.20 Å². The summed E-state index contributed by atoms with van der Waals surface area (Å²) in [6.07, 6.45) is 4.41. The summed E-state index contributed by atoms with van der Waals surface area (Å²) in [7, 11) is 5.44. The van der Waals surface area contributed by atoms with Crippen LogP contribution < -0.4 is 5.32 Å². The maximum Gasteiger partial charge on any atom is 0.325 e. The molecule has 0 aliphatic rings. The van der Waals surface area contributed by atoms with Gasteiger partial charge in [0.05, 0.1) is 13.7 Å². The van der Waals surface area contributed by atoms with Crippen molar-refractivity contribution in [2.75, 3.05) is 20.7 Å². The third-order valence-corrected chi connectivity index (χ3v) is 3.57. The molecule has 1 unspecified atom stereocenters. The van der Waals surface area contributed by atoms with Gasteiger partial charge in [-0.1, -0.05) is 0 Å². The molecule has 0 saturated heterocycles. The van der Waals surface area contributed by atoms with Crippen LogP contribution in [0.3, 0.4) is 0 Å². The van der Waals surface area contributed by atoms with Gasteiger partial charge in [0.25, 0.3) is 0 Å². The van der Waals surface area contributed by atoms with E-state index < -0.39 is 5.54 Å². The summed E-state index contributed by atoms with van der Waals surface area (Å²) in [5.74, 6) is 0.788. The predicted molar refractivity (Wildman–Crippen MR) is 82.9 cm³/mol. The van der Waals surface area contributed by atoms with E-state index in [4.69, 9.17) is 4.74 Å². The Labute approximate surface area is 127 Å². The van der Waals surface area contributed by atoms with Crippen LogP contribution in [0.25, 0.3) is 0 Å². The van der Waals surface area contributed by atoms with Crippen LogP contribution in [-0.2, 0) is 23.1 Å². The first kappa shape index (κ1) is 17.7. The van der Waals surface area contributed by atoms with Gasteiger partial charge in [0.15, 0.2) is 0 Å². The molecule has 1 heterocycles. The molecule has 0 bridgehead atoms. The van der Waals surface area contributed by atoms with Crippen LogP contribution in [0.1, 0.15) is 33.0 Å². The number of hydrogen-bond donors (Lipinski definition) is 1. The number of carbonyl (C=O) groups excluding carboxylic acids is 1. The number of methoxy groups -OCH3 is 1. The number of aromatic nitrogens is 2. The van der Waals surface area contributed by atoms with Crippen LogP contribution in [0.15, 0.2) is 12.4 Å². The molecule has 1 rings (SSSR count). The van der Waals surface area contributed by atoms with Gasteiger partial charge in [0.2, 0.25) is 0 Å². The molecule has 21 heavy (non-hydrogen) atoms. The van der Waals surface area contributed by atoms with E-state index in [0.29, 0.717) is 6.42 Å². The van der Waals surface area contributed by atoms with Gasteiger partial charge in [0.1, 0.15) is 11.4 Å². The average Bonchev–Trinajstić information content (AvgIpc) is 2.80. The highest BCUT2D eigenvalue weighted by molar-refractivity contribution is 5.80. The molecule has 0 amide bonds. The van der Waals surface area contributed by atoms with Gasteiger partial charge in [0, 0.05) is 32.0 Å². The molecule has 0 aliphatic heterocycles. The lowest BCUT2D eigenvalue weighted by Crippen LogP contribution is -2.54. The predicted octanol–water partition coefficient (Wildman–Crippen LogP) is 1.17. The van der Waals surface area contributed by atoms with Crippen LogP contribution in [0, 0.1) is 0 Å². The number of esters is 1. The number of hydrogen-bond acceptors (Lipinski definition) is 5. The number of nitrogens with one attached hydrogen (secondary N) is 1. The SMILES string of the molecule is COC(=O)C(C)(CCN(C)Cc1nccn1C)NC(C)C. The van der Waals surface area contributed by atoms with Crippen molar-refractivity contribution in [3.63, 3.8) is 0 Å². The molecule has 0 aliphatic carbocycles. The highest BCUT2D eigenvalue weighted by atomic mass is 16.5. The maximum absolute atomic E-state index is 12.0. The molecule has 0 saturated carbocycles. The normalized spacial score (nSPS) is 14.5. The van der Waals surface area contributed by atoms with Crippen molar-refractivity contribution in [2.45, 2.75) is 45.3 Å². The summed E-state index contributed by atoms with van der Waals surface area (Å²) >= 11 is 0. The summed E-state index contributed by atoms with van der Waals surface area (Å²) < 4.78 is 6.94. The monoisotopic (exact) mass is 296 g/mol. The fraction of sp³-hybridized carbons (Fsp3) is 0.733. The van der Waals surface area contributed by atoms with Crippen LogP contribution in [0.4, 0.5) is 0 Å². The van der Waals surface area contributed by atoms with Gasteiger partial charge >= 0.3 is 5.97 Å². The first-order chi connectivity index (χ1) is 9.78. The topological polar surface area (TPSA) is 59.4 Å². The second-order valence-electron chi connectivity index (χ2n) is 6.06. The lowest BCUT2D eigenvalue weighted by molar-refractivity contribution is -0.148. The molecule has 6 nitrogen and oxygen atoms in total. The lowest BCUT2D eigenvalue weighted by Gasteiger charge is -2.31. The summed E-state index contributed by atoms with van der Waals surface area (Å²) in [4.78, 5) is 18.5. The molecule has 1 aromatic heterocycles. The van der Waals surface area contributed by atoms with Crippen molar-refractivity contribution < 1.29 is 9.53 Å². The number of ether oxygens (including phenoxy) is 1. The minimum Gasteiger partial charge on any atom is -0.468 e. The third kappa shape index (κ3) is 5.13. The van der Waals surface area contributed by atoms with Crippen molar-refractivity contribution in [1.29, 1.82) is 0 Å². The van der Waals surface area contributed by atoms with Crippen molar-refractivity contribution in [3.8, 4) is 0 Å². The molecule has 0 radical (unpaired) electrons. The van der Waals surface area contributed by atoms with E-state index in [-0.39, 0.29) is 12.0 Å². The van der Waals surface area contributed by atoms with Gasteiger partial charge in [-0.25, -0.2) is 4.98 Å². The Kier molecular flexibility index (Phi) is 6.36. The van der Waals surface area contributed by atoms with Gasteiger partial charge in [-0.2, -0.15) is 0 Å². The van der Waals surface area contributed by atoms with Crippen molar-refractivity contribution in [3.05, 3.63) is 18.2 Å². The quantitative estimate of drug-likeness (QED) is 0.730. The second kappa shape index (κ2) is 7.56. The summed E-state index contributed by atoms with van der Waals surface area (Å²) in [6.45, 7) is 7.48. The standard InChI is InChI=1S/C15H28N4O2/c1-12(2)17-15(3,14(20)21-6)7-9-18(4)11-13-16-8-10-19(13)5/h8,10,12,17H,7,9,11H2,1-6H3. The minimum atomic E-state index is -0.668. The highest BCUT2D eigenvalue weighted by Gasteiger charge is 2.34. The first-order valence-electron chi connectivity index (χ1n) is 7.29. The largest absolute Gasteiger partial charge is 0.468 e. The fourth-order valence-electron chi connectivity index (χ4n) is 2.38. The zero-order valence-corrected chi connectivity index (χ0v) is 14.0. The number of nitrogens with zero attached hydrogens (tertiary/aromatic N) is 3. The van der Waals surface area contributed by atoms with E-state index >= 15 is 0 Å². The van der Waals surface area contributed by atoms with Crippen LogP contribution in [-0.4, -0.2) is 52.7 Å². The number of aryl methyl sites for hydroxylation is 1. The molecule has 120 valence electrons. The fourth-order valence-corrected chi connectivity index (χ4v) is 2.38. The highest BCUT2D eigenvalue weighted by Crippen LogP contribution is 2.14. The molecule has 1 atom stereocenters. The Balaban J connectivity index is 2.60. The van der Waals surface area contributed by atoms with Gasteiger partial charge in [-0.05, 0) is 34.2 Å². The average molecular weight is 296 g/mol. The molecule has 1 aromatic rings. The minimum absolute atomic E-state index is 0.217. The molecule has 0 spiro atoms. The van der Waals surface area contributed by atoms with Crippen LogP contribution in [0.2, 0.25) is 0 Å². The molecule has 0 fully saturated rings. The first-order valence-corrected chi connectivity index (χ1v) is 7.29. The Morgan fingerprint density at radius 3 is 2.71 bits per heavy atom. The van der Waals surface area contributed by atoms with Crippen molar-refractivity contribution in [1.82, 2.24) is 19.8 Å². The molecular weight excluding hydrogens is 268 g/mol. The Morgan fingerprint density at radius 1 is 1.57 bits per heavy atom. The van der Waals surface area contributed by atoms with Gasteiger partial charge in [-0.3, -0.25) is 15.0 Å². The van der Waals surface area contributed by atoms with Crippen LogP contribution in [0.5, 0.6) is 0 Å². The van der Waals surface area contributed by atoms with Gasteiger partial charge in [-0.15, -0.1) is 0 Å². The van der Waals surface area contributed by atoms with E-state index in [1.807, 2.05) is 45.6 Å². The summed E-state index contributed by atoms with van der Waals surface area (Å²) in [5, 5.41) is 3.31. The van der Waals surface area contributed by atoms with Crippen LogP contribution >= 0.6 is 0 Å². The summed E-state index contributed by atoms with van der Waals surface area (Å²) in [6, 6.07) is 0.217. The smallest absolute Gasteiger partial charge is 0.325 e. The number of rotatable bonds is 8. The number of imidazole rings is 1. The van der Waals surface area contributed by atoms with Crippen molar-refractivity contribution in [2.24, 2.45) is 7.05 Å². The number of carbonyl (C=O) groups is 1.